The van der Waals surface area contributed by atoms with Gasteiger partial charge in [-0.25, -0.2) is 0 Å². The van der Waals surface area contributed by atoms with Crippen LogP contribution in [-0.2, 0) is 0 Å². The Morgan fingerprint density at radius 2 is 2.06 bits per heavy atom. The minimum absolute atomic E-state index is 0.254. The summed E-state index contributed by atoms with van der Waals surface area (Å²) >= 11 is 5.99. The quantitative estimate of drug-likeness (QED) is 0.817. The van der Waals surface area contributed by atoms with Gasteiger partial charge in [-0.05, 0) is 38.1 Å². The van der Waals surface area contributed by atoms with E-state index in [1.165, 1.54) is 0 Å². The smallest absolute Gasteiger partial charge is 0.259 e. The summed E-state index contributed by atoms with van der Waals surface area (Å²) in [6.07, 6.45) is 0. The summed E-state index contributed by atoms with van der Waals surface area (Å²) in [5.74, 6) is 1.02. The number of aryl methyl sites for hydroxylation is 2. The highest BCUT2D eigenvalue weighted by Gasteiger charge is 2.14. The van der Waals surface area contributed by atoms with Crippen LogP contribution in [0.1, 0.15) is 21.9 Å². The average molecular weight is 265 g/mol. The van der Waals surface area contributed by atoms with Gasteiger partial charge in [0.25, 0.3) is 5.91 Å². The lowest BCUT2D eigenvalue weighted by Crippen LogP contribution is -2.12. The van der Waals surface area contributed by atoms with Crippen molar-refractivity contribution in [2.45, 2.75) is 13.8 Å². The van der Waals surface area contributed by atoms with Gasteiger partial charge in [0.15, 0.2) is 0 Å². The number of anilines is 2. The largest absolute Gasteiger partial charge is 0.466 e. The molecule has 0 spiro atoms. The zero-order valence-electron chi connectivity index (χ0n) is 10.1. The van der Waals surface area contributed by atoms with Crippen LogP contribution in [0.25, 0.3) is 0 Å². The molecule has 0 saturated carbocycles. The molecule has 1 heterocycles. The van der Waals surface area contributed by atoms with Crippen LogP contribution >= 0.6 is 11.6 Å². The molecule has 0 aliphatic heterocycles. The number of carbonyl (C=O) groups excluding carboxylic acids is 1. The zero-order chi connectivity index (χ0) is 13.3. The summed E-state index contributed by atoms with van der Waals surface area (Å²) in [5, 5.41) is 3.13. The lowest BCUT2D eigenvalue weighted by Gasteiger charge is -2.07. The number of nitrogens with two attached hydrogens (primary N) is 1. The minimum Gasteiger partial charge on any atom is -0.466 e. The van der Waals surface area contributed by atoms with E-state index in [9.17, 15) is 4.79 Å². The molecule has 2 rings (SSSR count). The lowest BCUT2D eigenvalue weighted by atomic mass is 10.2. The Balaban J connectivity index is 2.24. The highest BCUT2D eigenvalue weighted by atomic mass is 35.5. The van der Waals surface area contributed by atoms with Crippen LogP contribution in [0.5, 0.6) is 0 Å². The Morgan fingerprint density at radius 3 is 2.61 bits per heavy atom. The summed E-state index contributed by atoms with van der Waals surface area (Å²) in [6.45, 7) is 3.53. The number of rotatable bonds is 2. The standard InChI is InChI=1S/C13H13ClN2O2/c1-7-5-10(8(2)18-7)13(17)16-12-4-3-9(15)6-11(12)14/h3-6H,15H2,1-2H3,(H,16,17). The monoisotopic (exact) mass is 264 g/mol. The molecular formula is C13H13ClN2O2. The van der Waals surface area contributed by atoms with Crippen molar-refractivity contribution in [3.8, 4) is 0 Å². The van der Waals surface area contributed by atoms with E-state index >= 15 is 0 Å². The summed E-state index contributed by atoms with van der Waals surface area (Å²) in [5.41, 5.74) is 7.16. The van der Waals surface area contributed by atoms with Gasteiger partial charge in [0.1, 0.15) is 11.5 Å². The van der Waals surface area contributed by atoms with Crippen LogP contribution in [-0.4, -0.2) is 5.91 Å². The van der Waals surface area contributed by atoms with Gasteiger partial charge in [-0.1, -0.05) is 11.6 Å². The van der Waals surface area contributed by atoms with Crippen LogP contribution in [0, 0.1) is 13.8 Å². The molecule has 18 heavy (non-hydrogen) atoms. The van der Waals surface area contributed by atoms with Crippen molar-refractivity contribution in [2.24, 2.45) is 0 Å². The Hall–Kier alpha value is -1.94. The van der Waals surface area contributed by atoms with Crippen LogP contribution in [0.15, 0.2) is 28.7 Å². The molecule has 0 unspecified atom stereocenters. The maximum Gasteiger partial charge on any atom is 0.259 e. The molecule has 0 aliphatic rings. The predicted octanol–water partition coefficient (Wildman–Crippen LogP) is 3.38. The maximum atomic E-state index is 12.0. The molecule has 4 nitrogen and oxygen atoms in total. The third-order valence-corrected chi connectivity index (χ3v) is 2.84. The second-order valence-corrected chi connectivity index (χ2v) is 4.43. The van der Waals surface area contributed by atoms with Crippen LogP contribution in [0.2, 0.25) is 5.02 Å². The van der Waals surface area contributed by atoms with Crippen LogP contribution in [0.4, 0.5) is 11.4 Å². The first-order chi connectivity index (χ1) is 8.47. The maximum absolute atomic E-state index is 12.0. The topological polar surface area (TPSA) is 68.3 Å². The second-order valence-electron chi connectivity index (χ2n) is 4.02. The van der Waals surface area contributed by atoms with E-state index in [4.69, 9.17) is 21.8 Å². The summed E-state index contributed by atoms with van der Waals surface area (Å²) < 4.78 is 5.31. The van der Waals surface area contributed by atoms with Gasteiger partial charge >= 0.3 is 0 Å². The summed E-state index contributed by atoms with van der Waals surface area (Å²) in [7, 11) is 0. The lowest BCUT2D eigenvalue weighted by molar-refractivity contribution is 0.102. The Bertz CT molecular complexity index is 605. The molecule has 94 valence electrons. The van der Waals surface area contributed by atoms with E-state index in [0.29, 0.717) is 33.5 Å². The van der Waals surface area contributed by atoms with Crippen molar-refractivity contribution in [1.82, 2.24) is 0 Å². The normalized spacial score (nSPS) is 10.4. The molecule has 5 heteroatoms. The molecule has 0 aliphatic carbocycles. The first kappa shape index (κ1) is 12.5. The van der Waals surface area contributed by atoms with Crippen LogP contribution < -0.4 is 11.1 Å². The van der Waals surface area contributed by atoms with E-state index in [0.717, 1.165) is 0 Å². The molecule has 0 atom stereocenters. The number of furan rings is 1. The highest BCUT2D eigenvalue weighted by Crippen LogP contribution is 2.25. The minimum atomic E-state index is -0.254. The highest BCUT2D eigenvalue weighted by molar-refractivity contribution is 6.34. The fourth-order valence-electron chi connectivity index (χ4n) is 1.68. The number of benzene rings is 1. The number of halogens is 1. The summed E-state index contributed by atoms with van der Waals surface area (Å²) in [4.78, 5) is 12.0. The molecule has 0 radical (unpaired) electrons. The number of amides is 1. The zero-order valence-corrected chi connectivity index (χ0v) is 10.8. The summed E-state index contributed by atoms with van der Waals surface area (Å²) in [6, 6.07) is 6.62. The molecule has 2 aromatic rings. The van der Waals surface area contributed by atoms with Crippen molar-refractivity contribution < 1.29 is 9.21 Å². The molecule has 1 aromatic heterocycles. The number of hydrogen-bond donors (Lipinski definition) is 2. The van der Waals surface area contributed by atoms with Gasteiger partial charge < -0.3 is 15.5 Å². The number of nitrogens with one attached hydrogen (secondary N) is 1. The molecule has 1 aromatic carbocycles. The van der Waals surface area contributed by atoms with Gasteiger partial charge in [0, 0.05) is 5.69 Å². The second kappa shape index (κ2) is 4.74. The molecule has 3 N–H and O–H groups in total. The van der Waals surface area contributed by atoms with Gasteiger partial charge in [-0.3, -0.25) is 4.79 Å². The fraction of sp³-hybridized carbons (Fsp3) is 0.154. The molecule has 0 saturated heterocycles. The van der Waals surface area contributed by atoms with E-state index in [-0.39, 0.29) is 5.91 Å². The number of carbonyl (C=O) groups is 1. The number of nitrogen functional groups attached to an aromatic ring is 1. The van der Waals surface area contributed by atoms with Crippen LogP contribution in [0.3, 0.4) is 0 Å². The van der Waals surface area contributed by atoms with E-state index in [2.05, 4.69) is 5.32 Å². The van der Waals surface area contributed by atoms with Gasteiger partial charge in [0.2, 0.25) is 0 Å². The van der Waals surface area contributed by atoms with Crippen molar-refractivity contribution >= 4 is 28.9 Å². The Labute approximate surface area is 110 Å². The van der Waals surface area contributed by atoms with Gasteiger partial charge in [-0.15, -0.1) is 0 Å². The molecule has 0 fully saturated rings. The van der Waals surface area contributed by atoms with Gasteiger partial charge in [0.05, 0.1) is 16.3 Å². The molecule has 0 bridgehead atoms. The third kappa shape index (κ3) is 2.49. The van der Waals surface area contributed by atoms with Gasteiger partial charge in [-0.2, -0.15) is 0 Å². The van der Waals surface area contributed by atoms with Crippen molar-refractivity contribution in [2.75, 3.05) is 11.1 Å². The molecule has 1 amide bonds. The first-order valence-corrected chi connectivity index (χ1v) is 5.78. The van der Waals surface area contributed by atoms with E-state index < -0.39 is 0 Å². The fourth-order valence-corrected chi connectivity index (χ4v) is 1.91. The predicted molar refractivity (Wildman–Crippen MR) is 72.0 cm³/mol. The van der Waals surface area contributed by atoms with E-state index in [1.54, 1.807) is 38.1 Å². The third-order valence-electron chi connectivity index (χ3n) is 2.53. The first-order valence-electron chi connectivity index (χ1n) is 5.41. The SMILES string of the molecule is Cc1cc(C(=O)Nc2ccc(N)cc2Cl)c(C)o1. The number of hydrogen-bond acceptors (Lipinski definition) is 3. The average Bonchev–Trinajstić information content (AvgIpc) is 2.62. The van der Waals surface area contributed by atoms with E-state index in [1.807, 2.05) is 0 Å². The van der Waals surface area contributed by atoms with Crippen molar-refractivity contribution in [3.05, 3.63) is 46.4 Å². The Kier molecular flexibility index (Phi) is 3.30. The van der Waals surface area contributed by atoms with Crippen molar-refractivity contribution in [3.63, 3.8) is 0 Å². The molecular weight excluding hydrogens is 252 g/mol. The Morgan fingerprint density at radius 1 is 1.33 bits per heavy atom. The van der Waals surface area contributed by atoms with Crippen molar-refractivity contribution in [1.29, 1.82) is 0 Å².